The summed E-state index contributed by atoms with van der Waals surface area (Å²) in [5, 5.41) is 56.1. The van der Waals surface area contributed by atoms with Crippen LogP contribution >= 0.6 is 0 Å². The summed E-state index contributed by atoms with van der Waals surface area (Å²) in [5.41, 5.74) is 0. The Morgan fingerprint density at radius 1 is 1.37 bits per heavy atom. The van der Waals surface area contributed by atoms with E-state index in [2.05, 4.69) is 11.3 Å². The highest BCUT2D eigenvalue weighted by molar-refractivity contribution is 5.85. The summed E-state index contributed by atoms with van der Waals surface area (Å²) in [4.78, 5) is 21.4. The van der Waals surface area contributed by atoms with Gasteiger partial charge in [-0.05, 0) is 0 Å². The maximum Gasteiger partial charge on any atom is 0.333 e. The molecule has 19 heavy (non-hydrogen) atoms. The van der Waals surface area contributed by atoms with Crippen molar-refractivity contribution in [1.29, 1.82) is 0 Å². The van der Waals surface area contributed by atoms with Gasteiger partial charge in [-0.25, -0.2) is 4.79 Å². The van der Waals surface area contributed by atoms with Gasteiger partial charge in [0.05, 0.1) is 6.61 Å². The Labute approximate surface area is 107 Å². The molecule has 112 valence electrons. The third-order valence-electron chi connectivity index (χ3n) is 2.02. The zero-order valence-electron chi connectivity index (χ0n) is 10.1. The lowest BCUT2D eigenvalue weighted by Crippen LogP contribution is -2.64. The predicted molar refractivity (Wildman–Crippen MR) is 57.3 cm³/mol. The SMILES string of the molecule is C=CC(=O)O[C@](O)(C(=O)[O-])[C@@H](O)[C@H](O)[C@H](O)CO.[NH4+]. The van der Waals surface area contributed by atoms with E-state index in [0.717, 1.165) is 0 Å². The Morgan fingerprint density at radius 3 is 2.16 bits per heavy atom. The minimum absolute atomic E-state index is 0. The topological polar surface area (TPSA) is 204 Å². The standard InChI is InChI=1S/C9H14O9.H3N/c1-2-5(12)18-9(17,8(15)16)7(14)6(13)4(11)3-10;/h2,4,6-7,10-11,13-14,17H,1,3H2,(H,15,16);1H3/t4-,6-,7+,9+;/m1./s1. The molecule has 0 heterocycles. The molecule has 0 spiro atoms. The van der Waals surface area contributed by atoms with Crippen LogP contribution in [0.5, 0.6) is 0 Å². The van der Waals surface area contributed by atoms with Crippen LogP contribution in [0.25, 0.3) is 0 Å². The number of aliphatic hydroxyl groups excluding tert-OH is 4. The van der Waals surface area contributed by atoms with Crippen molar-refractivity contribution in [2.45, 2.75) is 24.1 Å². The average molecular weight is 283 g/mol. The van der Waals surface area contributed by atoms with E-state index in [4.69, 9.17) is 10.2 Å². The molecule has 0 aliphatic rings. The number of rotatable bonds is 7. The van der Waals surface area contributed by atoms with Gasteiger partial charge in [0.2, 0.25) is 0 Å². The third-order valence-corrected chi connectivity index (χ3v) is 2.02. The van der Waals surface area contributed by atoms with E-state index in [0.29, 0.717) is 6.08 Å². The Kier molecular flexibility index (Phi) is 8.10. The average Bonchev–Trinajstić information content (AvgIpc) is 2.35. The van der Waals surface area contributed by atoms with Crippen LogP contribution in [0, 0.1) is 0 Å². The molecule has 0 amide bonds. The second-order valence-corrected chi connectivity index (χ2v) is 3.29. The number of carbonyl (C=O) groups excluding carboxylic acids is 2. The second-order valence-electron chi connectivity index (χ2n) is 3.29. The van der Waals surface area contributed by atoms with Crippen LogP contribution in [-0.4, -0.2) is 68.2 Å². The number of carboxylic acid groups (broad SMARTS) is 1. The highest BCUT2D eigenvalue weighted by Gasteiger charge is 2.47. The lowest BCUT2D eigenvalue weighted by atomic mass is 10.00. The van der Waals surface area contributed by atoms with Crippen molar-refractivity contribution in [3.8, 4) is 0 Å². The zero-order valence-corrected chi connectivity index (χ0v) is 10.1. The molecule has 0 aliphatic carbocycles. The highest BCUT2D eigenvalue weighted by atomic mass is 16.7. The minimum atomic E-state index is -3.60. The molecular weight excluding hydrogens is 266 g/mol. The van der Waals surface area contributed by atoms with Gasteiger partial charge < -0.3 is 46.3 Å². The number of hydrogen-bond donors (Lipinski definition) is 6. The van der Waals surface area contributed by atoms with Gasteiger partial charge in [-0.3, -0.25) is 0 Å². The van der Waals surface area contributed by atoms with Gasteiger partial charge in [0.15, 0.2) is 6.10 Å². The molecule has 0 bridgehead atoms. The molecule has 0 rings (SSSR count). The van der Waals surface area contributed by atoms with Gasteiger partial charge in [0.25, 0.3) is 5.79 Å². The first kappa shape index (κ1) is 19.8. The molecule has 4 atom stereocenters. The Bertz CT molecular complexity index is 334. The maximum atomic E-state index is 10.8. The number of carboxylic acids is 1. The van der Waals surface area contributed by atoms with Gasteiger partial charge in [-0.1, -0.05) is 6.58 Å². The molecule has 0 saturated carbocycles. The molecule has 0 unspecified atom stereocenters. The Balaban J connectivity index is 0. The van der Waals surface area contributed by atoms with Crippen molar-refractivity contribution in [3.63, 3.8) is 0 Å². The van der Waals surface area contributed by atoms with Crippen LogP contribution in [0.1, 0.15) is 0 Å². The van der Waals surface area contributed by atoms with Gasteiger partial charge >= 0.3 is 5.97 Å². The fraction of sp³-hybridized carbons (Fsp3) is 0.556. The second kappa shape index (κ2) is 7.78. The number of ether oxygens (including phenoxy) is 1. The first-order chi connectivity index (χ1) is 8.20. The predicted octanol–water partition coefficient (Wildman–Crippen LogP) is -4.39. The van der Waals surface area contributed by atoms with Crippen LogP contribution in [0.3, 0.4) is 0 Å². The smallest absolute Gasteiger partial charge is 0.333 e. The van der Waals surface area contributed by atoms with Crippen LogP contribution in [0.2, 0.25) is 0 Å². The molecular formula is C9H17NO9. The van der Waals surface area contributed by atoms with Crippen molar-refractivity contribution in [1.82, 2.24) is 6.15 Å². The largest absolute Gasteiger partial charge is 0.543 e. The van der Waals surface area contributed by atoms with E-state index in [1.54, 1.807) is 0 Å². The molecule has 0 fully saturated rings. The third kappa shape index (κ3) is 4.55. The number of hydrogen-bond acceptors (Lipinski definition) is 9. The van der Waals surface area contributed by atoms with Crippen molar-refractivity contribution in [3.05, 3.63) is 12.7 Å². The minimum Gasteiger partial charge on any atom is -0.543 e. The molecule has 9 N–H and O–H groups in total. The lowest BCUT2D eigenvalue weighted by molar-refractivity contribution is -0.363. The quantitative estimate of drug-likeness (QED) is 0.151. The van der Waals surface area contributed by atoms with Crippen LogP contribution < -0.4 is 11.3 Å². The first-order valence-corrected chi connectivity index (χ1v) is 4.65. The fourth-order valence-corrected chi connectivity index (χ4v) is 0.968. The van der Waals surface area contributed by atoms with Gasteiger partial charge in [0.1, 0.15) is 18.2 Å². The fourth-order valence-electron chi connectivity index (χ4n) is 0.968. The summed E-state index contributed by atoms with van der Waals surface area (Å²) >= 11 is 0. The number of esters is 1. The summed E-state index contributed by atoms with van der Waals surface area (Å²) < 4.78 is 3.96. The van der Waals surface area contributed by atoms with Crippen molar-refractivity contribution < 1.29 is 45.0 Å². The lowest BCUT2D eigenvalue weighted by Gasteiger charge is -2.35. The number of carbonyl (C=O) groups is 2. The summed E-state index contributed by atoms with van der Waals surface area (Å²) in [6.45, 7) is 1.90. The molecule has 0 saturated heterocycles. The number of aliphatic carboxylic acids is 1. The normalized spacial score (nSPS) is 18.2. The maximum absolute atomic E-state index is 10.8. The van der Waals surface area contributed by atoms with Crippen molar-refractivity contribution >= 4 is 11.9 Å². The number of quaternary nitrogens is 1. The van der Waals surface area contributed by atoms with E-state index in [1.807, 2.05) is 0 Å². The first-order valence-electron chi connectivity index (χ1n) is 4.65. The zero-order chi connectivity index (χ0) is 14.5. The van der Waals surface area contributed by atoms with E-state index in [-0.39, 0.29) is 6.15 Å². The van der Waals surface area contributed by atoms with Crippen molar-refractivity contribution in [2.24, 2.45) is 0 Å². The van der Waals surface area contributed by atoms with E-state index < -0.39 is 42.6 Å². The van der Waals surface area contributed by atoms with Crippen LogP contribution in [-0.2, 0) is 14.3 Å². The van der Waals surface area contributed by atoms with E-state index in [9.17, 15) is 30.0 Å². The molecule has 0 aromatic carbocycles. The van der Waals surface area contributed by atoms with E-state index in [1.165, 1.54) is 0 Å². The molecule has 0 aromatic rings. The summed E-state index contributed by atoms with van der Waals surface area (Å²) in [6.07, 6.45) is -6.41. The molecule has 10 heteroatoms. The number of aliphatic hydroxyl groups is 5. The summed E-state index contributed by atoms with van der Waals surface area (Å²) in [7, 11) is 0. The summed E-state index contributed by atoms with van der Waals surface area (Å²) in [6, 6.07) is 0. The monoisotopic (exact) mass is 283 g/mol. The Hall–Kier alpha value is -1.56. The Morgan fingerprint density at radius 2 is 1.84 bits per heavy atom. The highest BCUT2D eigenvalue weighted by Crippen LogP contribution is 2.18. The van der Waals surface area contributed by atoms with Gasteiger partial charge in [-0.2, -0.15) is 0 Å². The molecule has 0 aromatic heterocycles. The van der Waals surface area contributed by atoms with Crippen molar-refractivity contribution in [2.75, 3.05) is 6.61 Å². The van der Waals surface area contributed by atoms with Crippen LogP contribution in [0.15, 0.2) is 12.7 Å². The van der Waals surface area contributed by atoms with Crippen LogP contribution in [0.4, 0.5) is 0 Å². The summed E-state index contributed by atoms with van der Waals surface area (Å²) in [5.74, 6) is -7.43. The molecule has 0 radical (unpaired) electrons. The van der Waals surface area contributed by atoms with E-state index >= 15 is 0 Å². The van der Waals surface area contributed by atoms with Gasteiger partial charge in [-0.15, -0.1) is 0 Å². The molecule has 10 nitrogen and oxygen atoms in total. The van der Waals surface area contributed by atoms with Gasteiger partial charge in [0, 0.05) is 6.08 Å². The molecule has 0 aliphatic heterocycles.